The average molecular weight is 262 g/mol. The van der Waals surface area contributed by atoms with Gasteiger partial charge in [0, 0.05) is 5.41 Å². The van der Waals surface area contributed by atoms with E-state index in [1.807, 2.05) is 18.2 Å². The van der Waals surface area contributed by atoms with E-state index >= 15 is 0 Å². The number of ether oxygens (including phenoxy) is 1. The van der Waals surface area contributed by atoms with Gasteiger partial charge >= 0.3 is 0 Å². The molecule has 2 rings (SSSR count). The highest BCUT2D eigenvalue weighted by atomic mass is 16.6. The topological polar surface area (TPSA) is 29.5 Å². The number of rotatable bonds is 2. The number of hydrogen-bond donors (Lipinski definition) is 1. The largest absolute Gasteiger partial charge is 0.390 e. The summed E-state index contributed by atoms with van der Waals surface area (Å²) >= 11 is 0. The Morgan fingerprint density at radius 2 is 1.63 bits per heavy atom. The van der Waals surface area contributed by atoms with Crippen molar-refractivity contribution in [3.05, 3.63) is 35.9 Å². The van der Waals surface area contributed by atoms with Gasteiger partial charge in [0.2, 0.25) is 0 Å². The summed E-state index contributed by atoms with van der Waals surface area (Å²) < 4.78 is 6.17. The smallest absolute Gasteiger partial charge is 0.0985 e. The Hall–Kier alpha value is -0.860. The zero-order valence-electron chi connectivity index (χ0n) is 12.9. The van der Waals surface area contributed by atoms with Crippen molar-refractivity contribution in [2.75, 3.05) is 0 Å². The molecule has 3 atom stereocenters. The van der Waals surface area contributed by atoms with E-state index in [2.05, 4.69) is 53.7 Å². The maximum atomic E-state index is 10.5. The molecule has 0 aromatic heterocycles. The molecule has 2 nitrogen and oxygen atoms in total. The molecular weight excluding hydrogens is 236 g/mol. The van der Waals surface area contributed by atoms with Crippen LogP contribution in [0.1, 0.15) is 47.1 Å². The van der Waals surface area contributed by atoms with Crippen molar-refractivity contribution in [1.29, 1.82) is 0 Å². The highest BCUT2D eigenvalue weighted by molar-refractivity contribution is 5.29. The van der Waals surface area contributed by atoms with Crippen molar-refractivity contribution >= 4 is 0 Å². The summed E-state index contributed by atoms with van der Waals surface area (Å²) in [5.74, 6) is 0. The summed E-state index contributed by atoms with van der Waals surface area (Å²) in [4.78, 5) is 0. The molecule has 0 amide bonds. The van der Waals surface area contributed by atoms with Crippen LogP contribution in [-0.4, -0.2) is 17.3 Å². The quantitative estimate of drug-likeness (QED) is 0.880. The summed E-state index contributed by atoms with van der Waals surface area (Å²) in [6.45, 7) is 12.6. The number of aliphatic hydroxyl groups excluding tert-OH is 1. The lowest BCUT2D eigenvalue weighted by Crippen LogP contribution is -2.68. The predicted octanol–water partition coefficient (Wildman–Crippen LogP) is 3.73. The van der Waals surface area contributed by atoms with Gasteiger partial charge in [-0.05, 0) is 17.9 Å². The molecule has 0 spiro atoms. The summed E-state index contributed by atoms with van der Waals surface area (Å²) in [7, 11) is 0. The fourth-order valence-electron chi connectivity index (χ4n) is 2.88. The lowest BCUT2D eigenvalue weighted by atomic mass is 9.59. The van der Waals surface area contributed by atoms with Gasteiger partial charge in [0.25, 0.3) is 0 Å². The fraction of sp³-hybridized carbons (Fsp3) is 0.647. The Bertz CT molecular complexity index is 444. The van der Waals surface area contributed by atoms with Crippen LogP contribution in [-0.2, 0) is 10.3 Å². The summed E-state index contributed by atoms with van der Waals surface area (Å²) in [5, 5.41) is 10.5. The molecule has 0 radical (unpaired) electrons. The standard InChI is InChI=1S/C17H26O2/c1-15(2,3)13(18)14-16(4,5)17(6,19-14)12-10-8-7-9-11-12/h7-11,13-14,18H,1-6H3/t13-,14-,17+/m0/s1. The normalized spacial score (nSPS) is 31.6. The Morgan fingerprint density at radius 3 is 2.05 bits per heavy atom. The van der Waals surface area contributed by atoms with E-state index in [0.717, 1.165) is 0 Å². The first-order chi connectivity index (χ1) is 8.61. The molecule has 0 saturated carbocycles. The van der Waals surface area contributed by atoms with E-state index in [1.54, 1.807) is 0 Å². The van der Waals surface area contributed by atoms with Gasteiger partial charge in [0.1, 0.15) is 0 Å². The van der Waals surface area contributed by atoms with E-state index in [-0.39, 0.29) is 22.5 Å². The molecule has 1 aliphatic heterocycles. The zero-order chi connectivity index (χ0) is 14.5. The van der Waals surface area contributed by atoms with Gasteiger partial charge in [-0.3, -0.25) is 0 Å². The number of benzene rings is 1. The molecule has 2 heteroatoms. The fourth-order valence-corrected chi connectivity index (χ4v) is 2.88. The van der Waals surface area contributed by atoms with Crippen LogP contribution in [0.3, 0.4) is 0 Å². The van der Waals surface area contributed by atoms with Gasteiger partial charge < -0.3 is 9.84 Å². The van der Waals surface area contributed by atoms with Crippen molar-refractivity contribution < 1.29 is 9.84 Å². The molecule has 1 aromatic rings. The van der Waals surface area contributed by atoms with Crippen molar-refractivity contribution in [3.8, 4) is 0 Å². The van der Waals surface area contributed by atoms with E-state index in [9.17, 15) is 5.11 Å². The lowest BCUT2D eigenvalue weighted by molar-refractivity contribution is -0.341. The minimum absolute atomic E-state index is 0.0962. The third-order valence-corrected chi connectivity index (χ3v) is 4.80. The minimum Gasteiger partial charge on any atom is -0.390 e. The second kappa shape index (κ2) is 4.32. The lowest BCUT2D eigenvalue weighted by Gasteiger charge is -2.62. The number of hydrogen-bond acceptors (Lipinski definition) is 2. The van der Waals surface area contributed by atoms with Gasteiger partial charge in [-0.25, -0.2) is 0 Å². The van der Waals surface area contributed by atoms with Crippen LogP contribution < -0.4 is 0 Å². The summed E-state index contributed by atoms with van der Waals surface area (Å²) in [6.07, 6.45) is -0.586. The van der Waals surface area contributed by atoms with Crippen molar-refractivity contribution in [2.24, 2.45) is 10.8 Å². The molecule has 19 heavy (non-hydrogen) atoms. The van der Waals surface area contributed by atoms with Crippen LogP contribution in [0.2, 0.25) is 0 Å². The first kappa shape index (κ1) is 14.5. The first-order valence-electron chi connectivity index (χ1n) is 7.02. The maximum Gasteiger partial charge on any atom is 0.0985 e. The molecule has 1 heterocycles. The molecule has 1 aromatic carbocycles. The Balaban J connectivity index is 2.27. The van der Waals surface area contributed by atoms with E-state index in [1.165, 1.54) is 5.56 Å². The second-order valence-corrected chi connectivity index (χ2v) is 7.47. The van der Waals surface area contributed by atoms with Crippen molar-refractivity contribution in [2.45, 2.75) is 59.4 Å². The molecule has 0 aliphatic carbocycles. The molecule has 1 fully saturated rings. The van der Waals surface area contributed by atoms with Crippen LogP contribution in [0.5, 0.6) is 0 Å². The van der Waals surface area contributed by atoms with Crippen LogP contribution in [0.15, 0.2) is 30.3 Å². The maximum absolute atomic E-state index is 10.5. The predicted molar refractivity (Wildman–Crippen MR) is 77.9 cm³/mol. The van der Waals surface area contributed by atoms with Gasteiger partial charge in [-0.1, -0.05) is 65.0 Å². The highest BCUT2D eigenvalue weighted by Crippen LogP contribution is 2.58. The number of aliphatic hydroxyl groups is 1. The first-order valence-corrected chi connectivity index (χ1v) is 7.02. The van der Waals surface area contributed by atoms with E-state index < -0.39 is 6.10 Å². The van der Waals surface area contributed by atoms with Gasteiger partial charge in [-0.15, -0.1) is 0 Å². The van der Waals surface area contributed by atoms with Gasteiger partial charge in [-0.2, -0.15) is 0 Å². The molecular formula is C17H26O2. The van der Waals surface area contributed by atoms with E-state index in [0.29, 0.717) is 0 Å². The molecule has 1 aliphatic rings. The van der Waals surface area contributed by atoms with Crippen LogP contribution >= 0.6 is 0 Å². The zero-order valence-corrected chi connectivity index (χ0v) is 12.9. The van der Waals surface area contributed by atoms with Crippen LogP contribution in [0.25, 0.3) is 0 Å². The molecule has 106 valence electrons. The van der Waals surface area contributed by atoms with Gasteiger partial charge in [0.05, 0.1) is 17.8 Å². The molecule has 1 N–H and O–H groups in total. The Kier molecular flexibility index (Phi) is 3.31. The molecule has 1 saturated heterocycles. The Labute approximate surface area is 116 Å². The van der Waals surface area contributed by atoms with Crippen LogP contribution in [0.4, 0.5) is 0 Å². The van der Waals surface area contributed by atoms with E-state index in [4.69, 9.17) is 4.74 Å². The minimum atomic E-state index is -0.459. The molecule has 0 bridgehead atoms. The second-order valence-electron chi connectivity index (χ2n) is 7.47. The van der Waals surface area contributed by atoms with Crippen molar-refractivity contribution in [3.63, 3.8) is 0 Å². The Morgan fingerprint density at radius 1 is 1.11 bits per heavy atom. The summed E-state index contributed by atoms with van der Waals surface area (Å²) in [5.41, 5.74) is 0.587. The molecule has 0 unspecified atom stereocenters. The van der Waals surface area contributed by atoms with Crippen LogP contribution in [0, 0.1) is 10.8 Å². The SMILES string of the molecule is CC(C)(C)[C@@H](O)[C@@H]1O[C@](C)(c2ccccc2)C1(C)C. The summed E-state index contributed by atoms with van der Waals surface area (Å²) in [6, 6.07) is 10.3. The third kappa shape index (κ3) is 2.11. The highest BCUT2D eigenvalue weighted by Gasteiger charge is 2.62. The third-order valence-electron chi connectivity index (χ3n) is 4.80. The average Bonchev–Trinajstić information content (AvgIpc) is 2.34. The van der Waals surface area contributed by atoms with Crippen molar-refractivity contribution in [1.82, 2.24) is 0 Å². The van der Waals surface area contributed by atoms with Gasteiger partial charge in [0.15, 0.2) is 0 Å². The monoisotopic (exact) mass is 262 g/mol.